The van der Waals surface area contributed by atoms with E-state index in [9.17, 15) is 13.2 Å². The second kappa shape index (κ2) is 7.39. The zero-order valence-electron chi connectivity index (χ0n) is 14.7. The zero-order chi connectivity index (χ0) is 19.9. The van der Waals surface area contributed by atoms with Crippen molar-refractivity contribution >= 4 is 50.7 Å². The van der Waals surface area contributed by atoms with Crippen molar-refractivity contribution in [2.45, 2.75) is 17.7 Å². The number of benzene rings is 2. The molecule has 0 saturated carbocycles. The minimum Gasteiger partial charge on any atom is -0.355 e. The fraction of sp³-hybridized carbons (Fsp3) is 0.263. The Balaban J connectivity index is 1.44. The third-order valence-corrected chi connectivity index (χ3v) is 6.85. The molecule has 0 spiro atoms. The van der Waals surface area contributed by atoms with E-state index in [0.717, 1.165) is 0 Å². The van der Waals surface area contributed by atoms with Gasteiger partial charge in [-0.25, -0.2) is 0 Å². The van der Waals surface area contributed by atoms with Crippen molar-refractivity contribution < 1.29 is 13.2 Å². The lowest BCUT2D eigenvalue weighted by Crippen LogP contribution is -2.41. The Bertz CT molecular complexity index is 1080. The molecule has 0 radical (unpaired) electrons. The molecule has 0 bridgehead atoms. The fourth-order valence-electron chi connectivity index (χ4n) is 3.50. The predicted octanol–water partition coefficient (Wildman–Crippen LogP) is 3.79. The van der Waals surface area contributed by atoms with Crippen molar-refractivity contribution in [3.63, 3.8) is 0 Å². The highest BCUT2D eigenvalue weighted by atomic mass is 35.5. The second-order valence-electron chi connectivity index (χ2n) is 6.76. The van der Waals surface area contributed by atoms with Crippen molar-refractivity contribution in [3.8, 4) is 0 Å². The van der Waals surface area contributed by atoms with Crippen LogP contribution in [0.25, 0.3) is 0 Å². The first-order valence-corrected chi connectivity index (χ1v) is 11.0. The standard InChI is InChI=1S/C19H17Cl2N3O3S/c20-13-5-6-15(21)16(11-13)22-19(25)12-7-9-24(10-8-12)18-14-3-1-2-4-17(14)28(26,27)23-18/h1-6,11-12H,7-10H2,(H,22,25). The van der Waals surface area contributed by atoms with Gasteiger partial charge >= 0.3 is 0 Å². The van der Waals surface area contributed by atoms with Crippen molar-refractivity contribution in [2.75, 3.05) is 18.4 Å². The molecular weight excluding hydrogens is 421 g/mol. The molecule has 4 rings (SSSR count). The molecule has 146 valence electrons. The largest absolute Gasteiger partial charge is 0.355 e. The first-order chi connectivity index (χ1) is 13.3. The molecule has 0 aromatic heterocycles. The fourth-order valence-corrected chi connectivity index (χ4v) is 5.06. The number of nitrogens with one attached hydrogen (secondary N) is 1. The van der Waals surface area contributed by atoms with Gasteiger partial charge in [0.05, 0.1) is 10.7 Å². The lowest BCUT2D eigenvalue weighted by Gasteiger charge is -2.32. The lowest BCUT2D eigenvalue weighted by molar-refractivity contribution is -0.120. The van der Waals surface area contributed by atoms with E-state index in [-0.39, 0.29) is 16.7 Å². The van der Waals surface area contributed by atoms with Gasteiger partial charge in [0.15, 0.2) is 5.84 Å². The number of amides is 1. The summed E-state index contributed by atoms with van der Waals surface area (Å²) < 4.78 is 28.4. The smallest absolute Gasteiger partial charge is 0.285 e. The Labute approximate surface area is 173 Å². The van der Waals surface area contributed by atoms with Gasteiger partial charge in [0.1, 0.15) is 4.90 Å². The minimum absolute atomic E-state index is 0.120. The van der Waals surface area contributed by atoms with E-state index in [1.165, 1.54) is 0 Å². The Morgan fingerprint density at radius 3 is 2.57 bits per heavy atom. The molecule has 1 N–H and O–H groups in total. The van der Waals surface area contributed by atoms with Crippen LogP contribution in [0.1, 0.15) is 18.4 Å². The van der Waals surface area contributed by atoms with Crippen LogP contribution < -0.4 is 5.32 Å². The number of hydrogen-bond acceptors (Lipinski definition) is 4. The number of anilines is 1. The molecule has 2 aliphatic rings. The van der Waals surface area contributed by atoms with Gasteiger partial charge in [0.25, 0.3) is 10.0 Å². The molecular formula is C19H17Cl2N3O3S. The molecule has 2 heterocycles. The average Bonchev–Trinajstić information content (AvgIpc) is 2.96. The number of sulfonamides is 1. The van der Waals surface area contributed by atoms with Gasteiger partial charge in [-0.2, -0.15) is 8.42 Å². The SMILES string of the molecule is O=C(Nc1cc(Cl)ccc1Cl)C1CCN(C2=NS(=O)(=O)c3ccccc32)CC1. The molecule has 1 saturated heterocycles. The summed E-state index contributed by atoms with van der Waals surface area (Å²) in [7, 11) is -3.64. The quantitative estimate of drug-likeness (QED) is 0.774. The normalized spacial score (nSPS) is 18.5. The minimum atomic E-state index is -3.64. The van der Waals surface area contributed by atoms with E-state index in [0.29, 0.717) is 53.1 Å². The Morgan fingerprint density at radius 1 is 1.11 bits per heavy atom. The van der Waals surface area contributed by atoms with E-state index in [1.54, 1.807) is 42.5 Å². The maximum Gasteiger partial charge on any atom is 0.285 e. The highest BCUT2D eigenvalue weighted by molar-refractivity contribution is 7.90. The molecule has 0 aliphatic carbocycles. The highest BCUT2D eigenvalue weighted by Crippen LogP contribution is 2.31. The average molecular weight is 438 g/mol. The number of carbonyl (C=O) groups excluding carboxylic acids is 1. The number of amidine groups is 1. The van der Waals surface area contributed by atoms with Gasteiger partial charge in [-0.05, 0) is 43.2 Å². The van der Waals surface area contributed by atoms with Crippen LogP contribution in [0.15, 0.2) is 51.8 Å². The van der Waals surface area contributed by atoms with Crippen LogP contribution in [0, 0.1) is 5.92 Å². The number of rotatable bonds is 2. The second-order valence-corrected chi connectivity index (χ2v) is 9.18. The maximum absolute atomic E-state index is 12.6. The van der Waals surface area contributed by atoms with Crippen LogP contribution >= 0.6 is 23.2 Å². The number of carbonyl (C=O) groups is 1. The number of likely N-dealkylation sites (tertiary alicyclic amines) is 1. The topological polar surface area (TPSA) is 78.8 Å². The van der Waals surface area contributed by atoms with Gasteiger partial charge in [-0.1, -0.05) is 35.3 Å². The summed E-state index contributed by atoms with van der Waals surface area (Å²) >= 11 is 12.1. The third kappa shape index (κ3) is 3.62. The van der Waals surface area contributed by atoms with E-state index in [2.05, 4.69) is 9.71 Å². The first kappa shape index (κ1) is 19.2. The van der Waals surface area contributed by atoms with Crippen LogP contribution in [0.2, 0.25) is 10.0 Å². The first-order valence-electron chi connectivity index (χ1n) is 8.80. The summed E-state index contributed by atoms with van der Waals surface area (Å²) in [5, 5.41) is 3.76. The number of hydrogen-bond donors (Lipinski definition) is 1. The summed E-state index contributed by atoms with van der Waals surface area (Å²) in [6.07, 6.45) is 1.18. The zero-order valence-corrected chi connectivity index (χ0v) is 17.1. The van der Waals surface area contributed by atoms with Crippen LogP contribution in [0.5, 0.6) is 0 Å². The molecule has 9 heteroatoms. The number of fused-ring (bicyclic) bond motifs is 1. The number of halogens is 2. The van der Waals surface area contributed by atoms with Gasteiger partial charge in [-0.3, -0.25) is 4.79 Å². The van der Waals surface area contributed by atoms with Crippen LogP contribution in [0.3, 0.4) is 0 Å². The molecule has 0 unspecified atom stereocenters. The van der Waals surface area contributed by atoms with Gasteiger partial charge in [-0.15, -0.1) is 4.40 Å². The van der Waals surface area contributed by atoms with E-state index in [1.807, 2.05) is 4.90 Å². The highest BCUT2D eigenvalue weighted by Gasteiger charge is 2.34. The van der Waals surface area contributed by atoms with Gasteiger partial charge < -0.3 is 10.2 Å². The Morgan fingerprint density at radius 2 is 1.82 bits per heavy atom. The maximum atomic E-state index is 12.6. The van der Waals surface area contributed by atoms with Crippen molar-refractivity contribution in [1.82, 2.24) is 4.90 Å². The van der Waals surface area contributed by atoms with Crippen molar-refractivity contribution in [1.29, 1.82) is 0 Å². The summed E-state index contributed by atoms with van der Waals surface area (Å²) in [6, 6.07) is 11.7. The van der Waals surface area contributed by atoms with Crippen molar-refractivity contribution in [2.24, 2.45) is 10.3 Å². The molecule has 2 aliphatic heterocycles. The summed E-state index contributed by atoms with van der Waals surface area (Å²) in [5.74, 6) is 0.151. The number of piperidine rings is 1. The number of nitrogens with zero attached hydrogens (tertiary/aromatic N) is 2. The lowest BCUT2D eigenvalue weighted by atomic mass is 9.95. The molecule has 6 nitrogen and oxygen atoms in total. The monoisotopic (exact) mass is 437 g/mol. The van der Waals surface area contributed by atoms with Crippen LogP contribution in [0.4, 0.5) is 5.69 Å². The molecule has 28 heavy (non-hydrogen) atoms. The van der Waals surface area contributed by atoms with E-state index >= 15 is 0 Å². The molecule has 1 fully saturated rings. The van der Waals surface area contributed by atoms with Gasteiger partial charge in [0, 0.05) is 29.6 Å². The molecule has 2 aromatic carbocycles. The summed E-state index contributed by atoms with van der Waals surface area (Å²) in [4.78, 5) is 14.8. The van der Waals surface area contributed by atoms with Crippen molar-refractivity contribution in [3.05, 3.63) is 58.1 Å². The third-order valence-electron chi connectivity index (χ3n) is 4.96. The Hall–Kier alpha value is -2.09. The molecule has 1 amide bonds. The molecule has 0 atom stereocenters. The summed E-state index contributed by atoms with van der Waals surface area (Å²) in [5.41, 5.74) is 1.11. The summed E-state index contributed by atoms with van der Waals surface area (Å²) in [6.45, 7) is 1.09. The van der Waals surface area contributed by atoms with Crippen LogP contribution in [-0.4, -0.2) is 38.2 Å². The Kier molecular flexibility index (Phi) is 5.07. The predicted molar refractivity (Wildman–Crippen MR) is 110 cm³/mol. The van der Waals surface area contributed by atoms with Gasteiger partial charge in [0.2, 0.25) is 5.91 Å². The van der Waals surface area contributed by atoms with Crippen LogP contribution in [-0.2, 0) is 14.8 Å². The van der Waals surface area contributed by atoms with E-state index in [4.69, 9.17) is 23.2 Å². The molecule has 2 aromatic rings. The van der Waals surface area contributed by atoms with E-state index < -0.39 is 10.0 Å².